The van der Waals surface area contributed by atoms with Crippen LogP contribution in [-0.4, -0.2) is 26.2 Å². The minimum Gasteiger partial charge on any atom is -0.309 e. The molecule has 0 fully saturated rings. The molecular formula is C11H15BrN2. The van der Waals surface area contributed by atoms with Crippen molar-refractivity contribution in [3.8, 4) is 0 Å². The maximum absolute atomic E-state index is 3.81. The van der Waals surface area contributed by atoms with E-state index >= 15 is 0 Å². The fraction of sp³-hybridized carbons (Fsp3) is 0.273. The van der Waals surface area contributed by atoms with Crippen molar-refractivity contribution in [3.63, 3.8) is 0 Å². The Bertz CT molecular complexity index is 334. The standard InChI is InChI=1S/C11H15BrN2/c1-5-9-8-10(12)6-7-11(9)14(4)13(2)3/h5-8H,1H2,2-4H3. The van der Waals surface area contributed by atoms with Crippen molar-refractivity contribution >= 4 is 27.7 Å². The molecule has 0 spiro atoms. The second-order valence-corrected chi connectivity index (χ2v) is 4.19. The van der Waals surface area contributed by atoms with Gasteiger partial charge in [0.15, 0.2) is 0 Å². The van der Waals surface area contributed by atoms with Crippen LogP contribution in [-0.2, 0) is 0 Å². The Hall–Kier alpha value is -0.800. The maximum atomic E-state index is 3.81. The van der Waals surface area contributed by atoms with Crippen LogP contribution in [0.2, 0.25) is 0 Å². The summed E-state index contributed by atoms with van der Waals surface area (Å²) in [6, 6.07) is 6.16. The van der Waals surface area contributed by atoms with Crippen LogP contribution >= 0.6 is 15.9 Å². The van der Waals surface area contributed by atoms with Gasteiger partial charge in [0, 0.05) is 25.6 Å². The van der Waals surface area contributed by atoms with E-state index in [1.165, 1.54) is 0 Å². The lowest BCUT2D eigenvalue weighted by atomic mass is 10.2. The average molecular weight is 255 g/mol. The van der Waals surface area contributed by atoms with Crippen molar-refractivity contribution in [2.45, 2.75) is 0 Å². The number of hydrazine groups is 1. The summed E-state index contributed by atoms with van der Waals surface area (Å²) < 4.78 is 1.07. The average Bonchev–Trinajstić information content (AvgIpc) is 2.16. The molecule has 0 saturated heterocycles. The molecule has 1 aromatic carbocycles. The lowest BCUT2D eigenvalue weighted by Crippen LogP contribution is -2.33. The van der Waals surface area contributed by atoms with Gasteiger partial charge in [-0.15, -0.1) is 0 Å². The third kappa shape index (κ3) is 2.36. The van der Waals surface area contributed by atoms with Crippen LogP contribution in [0.1, 0.15) is 5.56 Å². The maximum Gasteiger partial charge on any atom is 0.0591 e. The first-order valence-corrected chi connectivity index (χ1v) is 5.18. The molecule has 0 radical (unpaired) electrons. The molecule has 0 bridgehead atoms. The van der Waals surface area contributed by atoms with Crippen LogP contribution in [0.15, 0.2) is 29.3 Å². The van der Waals surface area contributed by atoms with Crippen LogP contribution in [0.4, 0.5) is 5.69 Å². The molecule has 0 aromatic heterocycles. The van der Waals surface area contributed by atoms with Crippen LogP contribution < -0.4 is 5.01 Å². The van der Waals surface area contributed by atoms with Gasteiger partial charge in [0.05, 0.1) is 5.69 Å². The van der Waals surface area contributed by atoms with E-state index in [0.29, 0.717) is 0 Å². The third-order valence-electron chi connectivity index (χ3n) is 2.16. The molecule has 0 saturated carbocycles. The van der Waals surface area contributed by atoms with Gasteiger partial charge in [-0.1, -0.05) is 28.6 Å². The summed E-state index contributed by atoms with van der Waals surface area (Å²) in [5, 5.41) is 4.10. The normalized spacial score (nSPS) is 10.4. The number of nitrogens with zero attached hydrogens (tertiary/aromatic N) is 2. The van der Waals surface area contributed by atoms with E-state index in [0.717, 1.165) is 15.7 Å². The van der Waals surface area contributed by atoms with Crippen molar-refractivity contribution in [1.29, 1.82) is 0 Å². The molecule has 1 aromatic rings. The second kappa shape index (κ2) is 4.62. The molecule has 0 aliphatic carbocycles. The molecule has 0 amide bonds. The van der Waals surface area contributed by atoms with E-state index in [9.17, 15) is 0 Å². The largest absolute Gasteiger partial charge is 0.309 e. The monoisotopic (exact) mass is 254 g/mol. The number of halogens is 1. The van der Waals surface area contributed by atoms with Crippen molar-refractivity contribution in [3.05, 3.63) is 34.8 Å². The predicted octanol–water partition coefficient (Wildman–Crippen LogP) is 3.00. The molecule has 2 nitrogen and oxygen atoms in total. The van der Waals surface area contributed by atoms with Gasteiger partial charge < -0.3 is 5.01 Å². The van der Waals surface area contributed by atoms with Crippen LogP contribution in [0.5, 0.6) is 0 Å². The first-order valence-electron chi connectivity index (χ1n) is 4.39. The highest BCUT2D eigenvalue weighted by atomic mass is 79.9. The highest BCUT2D eigenvalue weighted by Crippen LogP contribution is 2.24. The summed E-state index contributed by atoms with van der Waals surface area (Å²) in [6.07, 6.45) is 1.86. The Morgan fingerprint density at radius 3 is 2.43 bits per heavy atom. The number of hydrogen-bond donors (Lipinski definition) is 0. The Balaban J connectivity index is 3.13. The summed E-state index contributed by atoms with van der Waals surface area (Å²) in [5.74, 6) is 0. The van der Waals surface area contributed by atoms with Gasteiger partial charge in [-0.25, -0.2) is 5.01 Å². The fourth-order valence-electron chi connectivity index (χ4n) is 1.20. The first kappa shape index (κ1) is 11.3. The molecule has 14 heavy (non-hydrogen) atoms. The van der Waals surface area contributed by atoms with Gasteiger partial charge in [0.25, 0.3) is 0 Å². The zero-order valence-corrected chi connectivity index (χ0v) is 10.4. The van der Waals surface area contributed by atoms with E-state index in [-0.39, 0.29) is 0 Å². The Morgan fingerprint density at radius 1 is 1.29 bits per heavy atom. The Labute approximate surface area is 93.9 Å². The molecule has 0 N–H and O–H groups in total. The van der Waals surface area contributed by atoms with Gasteiger partial charge in [-0.3, -0.25) is 0 Å². The fourth-order valence-corrected chi connectivity index (χ4v) is 1.58. The molecule has 1 rings (SSSR count). The van der Waals surface area contributed by atoms with Gasteiger partial charge in [-0.2, -0.15) is 0 Å². The number of benzene rings is 1. The summed E-state index contributed by atoms with van der Waals surface area (Å²) >= 11 is 3.44. The zero-order valence-electron chi connectivity index (χ0n) is 8.79. The lowest BCUT2D eigenvalue weighted by Gasteiger charge is -2.28. The molecule has 0 atom stereocenters. The van der Waals surface area contributed by atoms with E-state index in [4.69, 9.17) is 0 Å². The van der Waals surface area contributed by atoms with E-state index in [1.54, 1.807) is 0 Å². The van der Waals surface area contributed by atoms with Crippen LogP contribution in [0.25, 0.3) is 6.08 Å². The van der Waals surface area contributed by atoms with Crippen LogP contribution in [0, 0.1) is 0 Å². The SMILES string of the molecule is C=Cc1cc(Br)ccc1N(C)N(C)C. The second-order valence-electron chi connectivity index (χ2n) is 3.28. The first-order chi connectivity index (χ1) is 6.56. The minimum atomic E-state index is 1.07. The van der Waals surface area contributed by atoms with Crippen LogP contribution in [0.3, 0.4) is 0 Å². The summed E-state index contributed by atoms with van der Waals surface area (Å²) in [6.45, 7) is 3.81. The summed E-state index contributed by atoms with van der Waals surface area (Å²) in [4.78, 5) is 0. The molecule has 0 unspecified atom stereocenters. The highest BCUT2D eigenvalue weighted by molar-refractivity contribution is 9.10. The summed E-state index contributed by atoms with van der Waals surface area (Å²) in [5.41, 5.74) is 2.27. The van der Waals surface area contributed by atoms with E-state index in [2.05, 4.69) is 39.7 Å². The smallest absolute Gasteiger partial charge is 0.0591 e. The Kier molecular flexibility index (Phi) is 3.72. The van der Waals surface area contributed by atoms with Gasteiger partial charge in [-0.05, 0) is 23.8 Å². The van der Waals surface area contributed by atoms with E-state index < -0.39 is 0 Å². The minimum absolute atomic E-state index is 1.07. The quantitative estimate of drug-likeness (QED) is 0.766. The van der Waals surface area contributed by atoms with Gasteiger partial charge in [0.2, 0.25) is 0 Å². The number of hydrogen-bond acceptors (Lipinski definition) is 2. The number of anilines is 1. The highest BCUT2D eigenvalue weighted by Gasteiger charge is 2.06. The molecule has 76 valence electrons. The van der Waals surface area contributed by atoms with Crippen molar-refractivity contribution in [1.82, 2.24) is 5.01 Å². The zero-order chi connectivity index (χ0) is 10.7. The topological polar surface area (TPSA) is 6.48 Å². The number of rotatable bonds is 3. The molecule has 0 aliphatic heterocycles. The predicted molar refractivity (Wildman–Crippen MR) is 66.3 cm³/mol. The lowest BCUT2D eigenvalue weighted by molar-refractivity contribution is 0.397. The summed E-state index contributed by atoms with van der Waals surface area (Å²) in [7, 11) is 6.04. The third-order valence-corrected chi connectivity index (χ3v) is 2.65. The van der Waals surface area contributed by atoms with Crippen molar-refractivity contribution in [2.24, 2.45) is 0 Å². The molecule has 3 heteroatoms. The van der Waals surface area contributed by atoms with E-state index in [1.807, 2.05) is 38.3 Å². The van der Waals surface area contributed by atoms with Gasteiger partial charge in [0.1, 0.15) is 0 Å². The van der Waals surface area contributed by atoms with Gasteiger partial charge >= 0.3 is 0 Å². The molecular weight excluding hydrogens is 240 g/mol. The van der Waals surface area contributed by atoms with Crippen molar-refractivity contribution in [2.75, 3.05) is 26.2 Å². The molecule has 0 heterocycles. The molecule has 0 aliphatic rings. The Morgan fingerprint density at radius 2 is 1.93 bits per heavy atom. The van der Waals surface area contributed by atoms with Crippen molar-refractivity contribution < 1.29 is 0 Å².